The molecule has 0 spiro atoms. The lowest BCUT2D eigenvalue weighted by molar-refractivity contribution is -0.205. The summed E-state index contributed by atoms with van der Waals surface area (Å²) in [5.74, 6) is -1.64. The van der Waals surface area contributed by atoms with Crippen LogP contribution < -0.4 is 10.3 Å². The van der Waals surface area contributed by atoms with Crippen LogP contribution in [0, 0.1) is 0 Å². The Labute approximate surface area is 160 Å². The minimum Gasteiger partial charge on any atom is -0.461 e. The molecule has 1 aromatic carbocycles. The maximum atomic E-state index is 13.5. The Morgan fingerprint density at radius 3 is 2.46 bits per heavy atom. The molecule has 0 unspecified atom stereocenters. The van der Waals surface area contributed by atoms with Crippen molar-refractivity contribution in [2.24, 2.45) is 5.10 Å². The molecule has 0 radical (unpaired) electrons. The molecule has 1 aromatic rings. The van der Waals surface area contributed by atoms with Gasteiger partial charge in [-0.25, -0.2) is 4.79 Å². The molecule has 1 amide bonds. The van der Waals surface area contributed by atoms with Gasteiger partial charge in [0.05, 0.1) is 18.9 Å². The van der Waals surface area contributed by atoms with Crippen molar-refractivity contribution < 1.29 is 32.2 Å². The zero-order chi connectivity index (χ0) is 20.9. The van der Waals surface area contributed by atoms with Gasteiger partial charge in [-0.05, 0) is 26.0 Å². The fraction of sp³-hybridized carbons (Fsp3) is 0.500. The molecule has 154 valence electrons. The Balaban J connectivity index is 2.31. The number of hydrogen-bond donors (Lipinski definition) is 1. The van der Waals surface area contributed by atoms with Gasteiger partial charge in [-0.2, -0.15) is 18.3 Å². The second-order valence-corrected chi connectivity index (χ2v) is 6.42. The number of anilines is 1. The zero-order valence-corrected chi connectivity index (χ0v) is 15.7. The van der Waals surface area contributed by atoms with Crippen molar-refractivity contribution in [3.63, 3.8) is 0 Å². The fourth-order valence-corrected chi connectivity index (χ4v) is 2.70. The molecule has 28 heavy (non-hydrogen) atoms. The lowest BCUT2D eigenvalue weighted by atomic mass is 10.0. The molecule has 1 aliphatic heterocycles. The standard InChI is InChI=1S/C18H22F3N3O4/c1-4-28-16(26)13-10-14(24(23-13)12-8-6-5-7-9-12)15(25)22-17(2,11-27-3)18(19,20)21/h5-9,14H,4,10-11H2,1-3H3,(H,22,25)/t14-,17-/m0/s1. The highest BCUT2D eigenvalue weighted by molar-refractivity contribution is 6.38. The van der Waals surface area contributed by atoms with Crippen molar-refractivity contribution in [1.29, 1.82) is 0 Å². The van der Waals surface area contributed by atoms with Gasteiger partial charge in [0.25, 0.3) is 0 Å². The number of benzene rings is 1. The van der Waals surface area contributed by atoms with Gasteiger partial charge in [-0.15, -0.1) is 0 Å². The van der Waals surface area contributed by atoms with Crippen LogP contribution in [0.3, 0.4) is 0 Å². The SMILES string of the molecule is CCOC(=O)C1=NN(c2ccccc2)[C@H](C(=O)N[C@@](C)(COC)C(F)(F)F)C1. The van der Waals surface area contributed by atoms with Gasteiger partial charge in [0, 0.05) is 13.5 Å². The number of nitrogens with zero attached hydrogens (tertiary/aromatic N) is 2. The van der Waals surface area contributed by atoms with Crippen LogP contribution in [-0.2, 0) is 19.1 Å². The third-order valence-electron chi connectivity index (χ3n) is 4.20. The second kappa shape index (κ2) is 8.59. The number of nitrogens with one attached hydrogen (secondary N) is 1. The second-order valence-electron chi connectivity index (χ2n) is 6.42. The maximum absolute atomic E-state index is 13.5. The quantitative estimate of drug-likeness (QED) is 0.709. The predicted molar refractivity (Wildman–Crippen MR) is 95.9 cm³/mol. The molecule has 0 saturated carbocycles. The van der Waals surface area contributed by atoms with Gasteiger partial charge in [0.1, 0.15) is 11.8 Å². The molecule has 10 heteroatoms. The fourth-order valence-electron chi connectivity index (χ4n) is 2.70. The first kappa shape index (κ1) is 21.7. The normalized spacial score (nSPS) is 19.0. The number of amides is 1. The molecule has 0 saturated heterocycles. The molecular formula is C18H22F3N3O4. The molecule has 7 nitrogen and oxygen atoms in total. The molecule has 2 atom stereocenters. The van der Waals surface area contributed by atoms with Crippen molar-refractivity contribution in [2.45, 2.75) is 38.0 Å². The van der Waals surface area contributed by atoms with Gasteiger partial charge in [0.15, 0.2) is 5.54 Å². The van der Waals surface area contributed by atoms with Crippen LogP contribution in [0.25, 0.3) is 0 Å². The number of para-hydroxylation sites is 1. The Hall–Kier alpha value is -2.62. The molecular weight excluding hydrogens is 379 g/mol. The van der Waals surface area contributed by atoms with Crippen molar-refractivity contribution in [3.05, 3.63) is 30.3 Å². The van der Waals surface area contributed by atoms with Gasteiger partial charge in [-0.3, -0.25) is 9.80 Å². The first-order valence-electron chi connectivity index (χ1n) is 8.59. The van der Waals surface area contributed by atoms with Crippen LogP contribution in [-0.4, -0.2) is 55.7 Å². The molecule has 1 N–H and O–H groups in total. The van der Waals surface area contributed by atoms with Crippen LogP contribution >= 0.6 is 0 Å². The smallest absolute Gasteiger partial charge is 0.413 e. The van der Waals surface area contributed by atoms with E-state index in [0.717, 1.165) is 14.0 Å². The van der Waals surface area contributed by atoms with Crippen LogP contribution in [0.1, 0.15) is 20.3 Å². The van der Waals surface area contributed by atoms with E-state index in [-0.39, 0.29) is 18.7 Å². The van der Waals surface area contributed by atoms with Crippen LogP contribution in [0.5, 0.6) is 0 Å². The Bertz CT molecular complexity index is 739. The number of carbonyl (C=O) groups excluding carboxylic acids is 2. The summed E-state index contributed by atoms with van der Waals surface area (Å²) in [5.41, 5.74) is -2.16. The van der Waals surface area contributed by atoms with E-state index in [1.54, 1.807) is 37.3 Å². The molecule has 1 aliphatic rings. The lowest BCUT2D eigenvalue weighted by Gasteiger charge is -2.34. The maximum Gasteiger partial charge on any atom is 0.413 e. The summed E-state index contributed by atoms with van der Waals surface area (Å²) in [6.45, 7) is 1.81. The minimum absolute atomic E-state index is 0.0358. The molecule has 0 aromatic heterocycles. The lowest BCUT2D eigenvalue weighted by Crippen LogP contribution is -2.62. The van der Waals surface area contributed by atoms with E-state index >= 15 is 0 Å². The van der Waals surface area contributed by atoms with Gasteiger partial charge in [-0.1, -0.05) is 18.2 Å². The van der Waals surface area contributed by atoms with Gasteiger partial charge in [0.2, 0.25) is 5.91 Å². The summed E-state index contributed by atoms with van der Waals surface area (Å²) in [4.78, 5) is 24.8. The van der Waals surface area contributed by atoms with E-state index in [4.69, 9.17) is 4.74 Å². The number of alkyl halides is 3. The number of carbonyl (C=O) groups is 2. The number of hydrogen-bond acceptors (Lipinski definition) is 6. The third-order valence-corrected chi connectivity index (χ3v) is 4.20. The number of ether oxygens (including phenoxy) is 2. The molecule has 0 bridgehead atoms. The highest BCUT2D eigenvalue weighted by atomic mass is 19.4. The summed E-state index contributed by atoms with van der Waals surface area (Å²) in [7, 11) is 1.12. The highest BCUT2D eigenvalue weighted by Gasteiger charge is 2.53. The Morgan fingerprint density at radius 2 is 1.93 bits per heavy atom. The average molecular weight is 401 g/mol. The van der Waals surface area contributed by atoms with E-state index in [9.17, 15) is 22.8 Å². The summed E-state index contributed by atoms with van der Waals surface area (Å²) in [6.07, 6.45) is -4.92. The van der Waals surface area contributed by atoms with Gasteiger partial charge < -0.3 is 14.8 Å². The van der Waals surface area contributed by atoms with Crippen molar-refractivity contribution >= 4 is 23.3 Å². The highest BCUT2D eigenvalue weighted by Crippen LogP contribution is 2.32. The van der Waals surface area contributed by atoms with E-state index in [2.05, 4.69) is 9.84 Å². The molecule has 0 aliphatic carbocycles. The predicted octanol–water partition coefficient (Wildman–Crippen LogP) is 2.27. The van der Waals surface area contributed by atoms with Crippen molar-refractivity contribution in [1.82, 2.24) is 5.32 Å². The molecule has 1 heterocycles. The monoisotopic (exact) mass is 401 g/mol. The number of halogens is 3. The summed E-state index contributed by atoms with van der Waals surface area (Å²) < 4.78 is 49.9. The van der Waals surface area contributed by atoms with Crippen LogP contribution in [0.4, 0.5) is 18.9 Å². The molecule has 2 rings (SSSR count). The molecule has 0 fully saturated rings. The summed E-state index contributed by atoms with van der Waals surface area (Å²) >= 11 is 0. The van der Waals surface area contributed by atoms with Crippen molar-refractivity contribution in [2.75, 3.05) is 25.3 Å². The topological polar surface area (TPSA) is 80.2 Å². The summed E-state index contributed by atoms with van der Waals surface area (Å²) in [5, 5.41) is 7.36. The van der Waals surface area contributed by atoms with Crippen molar-refractivity contribution in [3.8, 4) is 0 Å². The third kappa shape index (κ3) is 4.61. The van der Waals surface area contributed by atoms with E-state index < -0.39 is 36.2 Å². The van der Waals surface area contributed by atoms with Crippen LogP contribution in [0.2, 0.25) is 0 Å². The number of hydrazone groups is 1. The zero-order valence-electron chi connectivity index (χ0n) is 15.7. The Morgan fingerprint density at radius 1 is 1.29 bits per heavy atom. The number of rotatable bonds is 7. The average Bonchev–Trinajstić information content (AvgIpc) is 3.07. The Kier molecular flexibility index (Phi) is 6.65. The minimum atomic E-state index is -4.74. The first-order chi connectivity index (χ1) is 13.1. The van der Waals surface area contributed by atoms with E-state index in [0.29, 0.717) is 5.69 Å². The van der Waals surface area contributed by atoms with E-state index in [1.807, 2.05) is 5.32 Å². The number of esters is 1. The first-order valence-corrected chi connectivity index (χ1v) is 8.59. The van der Waals surface area contributed by atoms with Gasteiger partial charge >= 0.3 is 12.1 Å². The van der Waals surface area contributed by atoms with Crippen LogP contribution in [0.15, 0.2) is 35.4 Å². The van der Waals surface area contributed by atoms with E-state index in [1.165, 1.54) is 5.01 Å². The summed E-state index contributed by atoms with van der Waals surface area (Å²) in [6, 6.07) is 7.25. The largest absolute Gasteiger partial charge is 0.461 e. The number of methoxy groups -OCH3 is 1.